The highest BCUT2D eigenvalue weighted by Gasteiger charge is 2.54. The van der Waals surface area contributed by atoms with Crippen LogP contribution in [-0.4, -0.2) is 30.2 Å². The van der Waals surface area contributed by atoms with E-state index in [4.69, 9.17) is 0 Å². The number of rotatable bonds is 6. The molecule has 3 saturated carbocycles. The Balaban J connectivity index is 1.91. The van der Waals surface area contributed by atoms with Crippen LogP contribution in [0.15, 0.2) is 9.59 Å². The standard InChI is InChI=1S/C20H28N4O4/c1-3-9-23-16-14(17(25)24(10-4-2)19(23)28)21-15(22-16)13-11-12-5-7-20(13,8-6-12)18(26)27/h12-13H,3-11H2,1-2H3,(H,21,22)(H,26,27). The van der Waals surface area contributed by atoms with Crippen molar-refractivity contribution in [2.24, 2.45) is 11.3 Å². The van der Waals surface area contributed by atoms with Crippen LogP contribution in [-0.2, 0) is 17.9 Å². The molecule has 0 saturated heterocycles. The van der Waals surface area contributed by atoms with Crippen LogP contribution in [0.5, 0.6) is 0 Å². The predicted octanol–water partition coefficient (Wildman–Crippen LogP) is 2.45. The zero-order valence-electron chi connectivity index (χ0n) is 16.5. The largest absolute Gasteiger partial charge is 0.481 e. The monoisotopic (exact) mass is 388 g/mol. The van der Waals surface area contributed by atoms with E-state index in [0.29, 0.717) is 55.3 Å². The summed E-state index contributed by atoms with van der Waals surface area (Å²) in [6.45, 7) is 4.73. The van der Waals surface area contributed by atoms with E-state index in [-0.39, 0.29) is 17.2 Å². The lowest BCUT2D eigenvalue weighted by Crippen LogP contribution is -2.46. The van der Waals surface area contributed by atoms with Gasteiger partial charge >= 0.3 is 11.7 Å². The summed E-state index contributed by atoms with van der Waals surface area (Å²) in [5, 5.41) is 10.0. The number of carboxylic acids is 1. The first-order valence-corrected chi connectivity index (χ1v) is 10.4. The molecule has 2 aromatic rings. The summed E-state index contributed by atoms with van der Waals surface area (Å²) in [5.41, 5.74) is -0.837. The smallest absolute Gasteiger partial charge is 0.332 e. The van der Waals surface area contributed by atoms with Crippen LogP contribution in [0.3, 0.4) is 0 Å². The van der Waals surface area contributed by atoms with E-state index in [1.807, 2.05) is 13.8 Å². The number of fused-ring (bicyclic) bond motifs is 4. The molecule has 8 heteroatoms. The summed E-state index contributed by atoms with van der Waals surface area (Å²) in [4.78, 5) is 45.8. The third-order valence-corrected chi connectivity index (χ3v) is 6.76. The Kier molecular flexibility index (Phi) is 4.67. The van der Waals surface area contributed by atoms with Crippen molar-refractivity contribution < 1.29 is 9.90 Å². The third-order valence-electron chi connectivity index (χ3n) is 6.76. The topological polar surface area (TPSA) is 110 Å². The van der Waals surface area contributed by atoms with Gasteiger partial charge in [0.05, 0.1) is 5.41 Å². The molecule has 2 aromatic heterocycles. The predicted molar refractivity (Wildman–Crippen MR) is 105 cm³/mol. The van der Waals surface area contributed by atoms with Gasteiger partial charge in [-0.3, -0.25) is 18.7 Å². The van der Waals surface area contributed by atoms with Gasteiger partial charge in [-0.2, -0.15) is 0 Å². The van der Waals surface area contributed by atoms with Crippen molar-refractivity contribution >= 4 is 17.1 Å². The minimum atomic E-state index is -0.819. The molecule has 2 N–H and O–H groups in total. The summed E-state index contributed by atoms with van der Waals surface area (Å²) in [5.74, 6) is 0.0472. The van der Waals surface area contributed by atoms with Gasteiger partial charge in [0.2, 0.25) is 0 Å². The molecule has 1 unspecified atom stereocenters. The Labute approximate surface area is 162 Å². The lowest BCUT2D eigenvalue weighted by atomic mass is 9.55. The van der Waals surface area contributed by atoms with Crippen LogP contribution in [0.25, 0.3) is 11.2 Å². The lowest BCUT2D eigenvalue weighted by molar-refractivity contribution is -0.157. The van der Waals surface area contributed by atoms with Gasteiger partial charge in [0.25, 0.3) is 5.56 Å². The molecule has 152 valence electrons. The molecule has 2 bridgehead atoms. The second-order valence-corrected chi connectivity index (χ2v) is 8.40. The highest BCUT2D eigenvalue weighted by molar-refractivity contribution is 5.77. The van der Waals surface area contributed by atoms with Gasteiger partial charge in [-0.25, -0.2) is 9.78 Å². The zero-order chi connectivity index (χ0) is 20.1. The minimum absolute atomic E-state index is 0.242. The summed E-state index contributed by atoms with van der Waals surface area (Å²) in [7, 11) is 0. The fraction of sp³-hybridized carbons (Fsp3) is 0.700. The highest BCUT2D eigenvalue weighted by atomic mass is 16.4. The van der Waals surface area contributed by atoms with Crippen LogP contribution in [0.1, 0.15) is 70.5 Å². The van der Waals surface area contributed by atoms with Crippen molar-refractivity contribution in [1.82, 2.24) is 19.1 Å². The van der Waals surface area contributed by atoms with Gasteiger partial charge in [-0.1, -0.05) is 13.8 Å². The van der Waals surface area contributed by atoms with E-state index < -0.39 is 11.4 Å². The van der Waals surface area contributed by atoms with Crippen molar-refractivity contribution in [3.63, 3.8) is 0 Å². The van der Waals surface area contributed by atoms with Gasteiger partial charge in [0.1, 0.15) is 11.3 Å². The maximum atomic E-state index is 12.9. The zero-order valence-corrected chi connectivity index (χ0v) is 16.5. The number of imidazole rings is 1. The first kappa shape index (κ1) is 19.0. The Bertz CT molecular complexity index is 1020. The fourth-order valence-corrected chi connectivity index (χ4v) is 5.27. The number of hydrogen-bond donors (Lipinski definition) is 2. The molecule has 0 aliphatic heterocycles. The van der Waals surface area contributed by atoms with Crippen molar-refractivity contribution in [2.75, 3.05) is 0 Å². The average molecular weight is 388 g/mol. The highest BCUT2D eigenvalue weighted by Crippen LogP contribution is 2.57. The maximum Gasteiger partial charge on any atom is 0.332 e. The molecule has 8 nitrogen and oxygen atoms in total. The number of aromatic amines is 1. The summed E-state index contributed by atoms with van der Waals surface area (Å²) < 4.78 is 2.82. The van der Waals surface area contributed by atoms with Crippen LogP contribution in [0.2, 0.25) is 0 Å². The molecule has 28 heavy (non-hydrogen) atoms. The van der Waals surface area contributed by atoms with Crippen molar-refractivity contribution in [2.45, 2.75) is 77.8 Å². The van der Waals surface area contributed by atoms with Crippen molar-refractivity contribution in [3.05, 3.63) is 26.7 Å². The van der Waals surface area contributed by atoms with E-state index in [9.17, 15) is 19.5 Å². The molecule has 2 heterocycles. The molecule has 3 aliphatic carbocycles. The number of H-pyrrole nitrogens is 1. The number of aromatic nitrogens is 4. The molecule has 1 atom stereocenters. The molecule has 3 aliphatic rings. The van der Waals surface area contributed by atoms with E-state index in [1.54, 1.807) is 4.57 Å². The summed E-state index contributed by atoms with van der Waals surface area (Å²) in [6, 6.07) is 0. The van der Waals surface area contributed by atoms with Crippen LogP contribution in [0.4, 0.5) is 0 Å². The summed E-state index contributed by atoms with van der Waals surface area (Å²) >= 11 is 0. The molecule has 0 radical (unpaired) electrons. The van der Waals surface area contributed by atoms with E-state index in [1.165, 1.54) is 4.57 Å². The van der Waals surface area contributed by atoms with Crippen molar-refractivity contribution in [1.29, 1.82) is 0 Å². The van der Waals surface area contributed by atoms with Gasteiger partial charge in [-0.05, 0) is 50.9 Å². The Morgan fingerprint density at radius 2 is 1.82 bits per heavy atom. The minimum Gasteiger partial charge on any atom is -0.481 e. The first-order valence-electron chi connectivity index (χ1n) is 10.4. The first-order chi connectivity index (χ1) is 13.4. The molecule has 0 aromatic carbocycles. The second-order valence-electron chi connectivity index (χ2n) is 8.40. The number of nitrogens with zero attached hydrogens (tertiary/aromatic N) is 3. The number of aliphatic carboxylic acids is 1. The van der Waals surface area contributed by atoms with Gasteiger partial charge in [0, 0.05) is 19.0 Å². The van der Waals surface area contributed by atoms with E-state index >= 15 is 0 Å². The van der Waals surface area contributed by atoms with Crippen LogP contribution >= 0.6 is 0 Å². The van der Waals surface area contributed by atoms with Crippen LogP contribution < -0.4 is 11.2 Å². The lowest BCUT2D eigenvalue weighted by Gasteiger charge is -2.48. The number of nitrogens with one attached hydrogen (secondary N) is 1. The Hall–Kier alpha value is -2.38. The Morgan fingerprint density at radius 1 is 1.18 bits per heavy atom. The van der Waals surface area contributed by atoms with E-state index in [2.05, 4.69) is 9.97 Å². The molecule has 5 rings (SSSR count). The molecular weight excluding hydrogens is 360 g/mol. The third kappa shape index (κ3) is 2.64. The second kappa shape index (κ2) is 6.90. The van der Waals surface area contributed by atoms with E-state index in [0.717, 1.165) is 25.7 Å². The maximum absolute atomic E-state index is 12.9. The molecule has 0 amide bonds. The number of carbonyl (C=O) groups is 1. The Morgan fingerprint density at radius 3 is 2.43 bits per heavy atom. The molecular formula is C20H28N4O4. The van der Waals surface area contributed by atoms with Gasteiger partial charge in [-0.15, -0.1) is 0 Å². The number of carboxylic acid groups (broad SMARTS) is 1. The van der Waals surface area contributed by atoms with Crippen molar-refractivity contribution in [3.8, 4) is 0 Å². The number of aryl methyl sites for hydroxylation is 1. The van der Waals surface area contributed by atoms with Gasteiger partial charge < -0.3 is 10.1 Å². The molecule has 0 spiro atoms. The summed E-state index contributed by atoms with van der Waals surface area (Å²) in [6.07, 6.45) is 5.37. The fourth-order valence-electron chi connectivity index (χ4n) is 5.27. The quantitative estimate of drug-likeness (QED) is 0.790. The molecule has 3 fully saturated rings. The SMILES string of the molecule is CCCn1c(=O)c2[nH]c(C3CC4CCC3(C(=O)O)CC4)nc2n(CCC)c1=O. The average Bonchev–Trinajstić information content (AvgIpc) is 3.14. The van der Waals surface area contributed by atoms with Crippen LogP contribution in [0, 0.1) is 11.3 Å². The normalized spacial score (nSPS) is 26.8. The van der Waals surface area contributed by atoms with Gasteiger partial charge in [0.15, 0.2) is 5.65 Å². The number of hydrogen-bond acceptors (Lipinski definition) is 4.